The molecule has 0 aromatic heterocycles. The van der Waals surface area contributed by atoms with Gasteiger partial charge in [-0.3, -0.25) is 0 Å². The number of aliphatic hydroxyl groups is 1. The van der Waals surface area contributed by atoms with E-state index in [2.05, 4.69) is 0 Å². The molecule has 0 aliphatic carbocycles. The molecule has 1 aliphatic heterocycles. The Bertz CT molecular complexity index is 210. The number of hydrogen-bond donors (Lipinski definition) is 2. The maximum Gasteiger partial charge on any atom is 0.332 e. The third-order valence-electron chi connectivity index (χ3n) is 2.40. The lowest BCUT2D eigenvalue weighted by atomic mass is 10.2. The normalized spacial score (nSPS) is 27.9. The van der Waals surface area contributed by atoms with Gasteiger partial charge in [-0.2, -0.15) is 11.8 Å². The maximum atomic E-state index is 10.6. The summed E-state index contributed by atoms with van der Waals surface area (Å²) in [6.07, 6.45) is 0.918. The molecule has 3 unspecified atom stereocenters. The van der Waals surface area contributed by atoms with E-state index in [9.17, 15) is 4.79 Å². The summed E-state index contributed by atoms with van der Waals surface area (Å²) in [5, 5.41) is 17.5. The molecule has 0 spiro atoms. The van der Waals surface area contributed by atoms with Gasteiger partial charge in [-0.25, -0.2) is 4.79 Å². The van der Waals surface area contributed by atoms with Gasteiger partial charge in [0.1, 0.15) is 0 Å². The molecule has 1 heterocycles. The number of carboxylic acid groups (broad SMARTS) is 1. The number of carbonyl (C=O) groups is 1. The monoisotopic (exact) mass is 234 g/mol. The Morgan fingerprint density at radius 2 is 2.33 bits per heavy atom. The molecule has 3 atom stereocenters. The van der Waals surface area contributed by atoms with Gasteiger partial charge in [0.2, 0.25) is 0 Å². The zero-order valence-corrected chi connectivity index (χ0v) is 9.70. The van der Waals surface area contributed by atoms with Crippen molar-refractivity contribution in [2.75, 3.05) is 18.1 Å². The van der Waals surface area contributed by atoms with Crippen LogP contribution in [0.15, 0.2) is 0 Å². The molecule has 1 fully saturated rings. The van der Waals surface area contributed by atoms with E-state index in [-0.39, 0.29) is 12.7 Å². The highest BCUT2D eigenvalue weighted by molar-refractivity contribution is 7.99. The van der Waals surface area contributed by atoms with Crippen LogP contribution in [0.1, 0.15) is 19.8 Å². The summed E-state index contributed by atoms with van der Waals surface area (Å²) in [6.45, 7) is 2.19. The van der Waals surface area contributed by atoms with Gasteiger partial charge in [-0.15, -0.1) is 0 Å². The van der Waals surface area contributed by atoms with Crippen molar-refractivity contribution in [2.45, 2.75) is 32.0 Å². The topological polar surface area (TPSA) is 66.8 Å². The summed E-state index contributed by atoms with van der Waals surface area (Å²) in [7, 11) is 0. The average Bonchev–Trinajstić information content (AvgIpc) is 2.66. The first kappa shape index (κ1) is 12.8. The molecule has 1 saturated heterocycles. The largest absolute Gasteiger partial charge is 0.479 e. The lowest BCUT2D eigenvalue weighted by molar-refractivity contribution is -0.148. The Morgan fingerprint density at radius 3 is 2.87 bits per heavy atom. The first-order chi connectivity index (χ1) is 7.13. The van der Waals surface area contributed by atoms with Crippen molar-refractivity contribution in [2.24, 2.45) is 5.92 Å². The minimum Gasteiger partial charge on any atom is -0.479 e. The van der Waals surface area contributed by atoms with E-state index >= 15 is 0 Å². The first-order valence-corrected chi connectivity index (χ1v) is 6.35. The molecule has 0 aromatic carbocycles. The Labute approximate surface area is 94.0 Å². The van der Waals surface area contributed by atoms with Crippen LogP contribution in [0.5, 0.6) is 0 Å². The van der Waals surface area contributed by atoms with Crippen LogP contribution >= 0.6 is 11.8 Å². The summed E-state index contributed by atoms with van der Waals surface area (Å²) in [4.78, 5) is 10.6. The average molecular weight is 234 g/mol. The van der Waals surface area contributed by atoms with Crippen LogP contribution in [0.2, 0.25) is 0 Å². The summed E-state index contributed by atoms with van der Waals surface area (Å²) in [5.41, 5.74) is 0. The van der Waals surface area contributed by atoms with Crippen molar-refractivity contribution in [1.29, 1.82) is 0 Å². The van der Waals surface area contributed by atoms with E-state index in [1.165, 1.54) is 0 Å². The minimum absolute atomic E-state index is 0.0713. The van der Waals surface area contributed by atoms with Crippen molar-refractivity contribution in [3.8, 4) is 0 Å². The summed E-state index contributed by atoms with van der Waals surface area (Å²) in [5.74, 6) is 1.17. The number of hydrogen-bond acceptors (Lipinski definition) is 4. The molecule has 0 radical (unpaired) electrons. The van der Waals surface area contributed by atoms with Crippen LogP contribution < -0.4 is 0 Å². The summed E-state index contributed by atoms with van der Waals surface area (Å²) in [6, 6.07) is 0. The van der Waals surface area contributed by atoms with E-state index in [4.69, 9.17) is 14.9 Å². The minimum atomic E-state index is -0.855. The molecule has 0 aromatic rings. The van der Waals surface area contributed by atoms with E-state index < -0.39 is 12.1 Å². The zero-order chi connectivity index (χ0) is 11.3. The molecule has 15 heavy (non-hydrogen) atoms. The van der Waals surface area contributed by atoms with Crippen LogP contribution in [-0.4, -0.2) is 46.5 Å². The fraction of sp³-hybridized carbons (Fsp3) is 0.900. The third kappa shape index (κ3) is 4.40. The number of ether oxygens (including phenoxy) is 1. The molecule has 88 valence electrons. The van der Waals surface area contributed by atoms with E-state index in [0.29, 0.717) is 12.3 Å². The fourth-order valence-electron chi connectivity index (χ4n) is 1.46. The second-order valence-electron chi connectivity index (χ2n) is 3.99. The Morgan fingerprint density at radius 1 is 1.60 bits per heavy atom. The van der Waals surface area contributed by atoms with E-state index in [1.54, 1.807) is 11.8 Å². The van der Waals surface area contributed by atoms with Crippen molar-refractivity contribution >= 4 is 17.7 Å². The molecule has 5 heteroatoms. The van der Waals surface area contributed by atoms with Crippen molar-refractivity contribution in [3.05, 3.63) is 0 Å². The molecule has 2 N–H and O–H groups in total. The Hall–Kier alpha value is -0.260. The number of thioether (sulfide) groups is 1. The number of aliphatic hydroxyl groups excluding tert-OH is 1. The maximum absolute atomic E-state index is 10.6. The smallest absolute Gasteiger partial charge is 0.332 e. The predicted molar refractivity (Wildman–Crippen MR) is 59.1 cm³/mol. The highest BCUT2D eigenvalue weighted by Crippen LogP contribution is 2.23. The van der Waals surface area contributed by atoms with Crippen molar-refractivity contribution < 1.29 is 19.7 Å². The van der Waals surface area contributed by atoms with E-state index in [0.717, 1.165) is 17.9 Å². The first-order valence-electron chi connectivity index (χ1n) is 5.20. The SMILES string of the molecule is CC(CO)CSCC1CCC(C(=O)O)O1. The van der Waals surface area contributed by atoms with E-state index in [1.807, 2.05) is 6.92 Å². The fourth-order valence-corrected chi connectivity index (χ4v) is 2.62. The van der Waals surface area contributed by atoms with Gasteiger partial charge in [0.15, 0.2) is 6.10 Å². The molecule has 0 saturated carbocycles. The lowest BCUT2D eigenvalue weighted by Crippen LogP contribution is -2.21. The highest BCUT2D eigenvalue weighted by atomic mass is 32.2. The molecule has 0 bridgehead atoms. The van der Waals surface area contributed by atoms with Crippen LogP contribution in [0.4, 0.5) is 0 Å². The lowest BCUT2D eigenvalue weighted by Gasteiger charge is -2.12. The number of carboxylic acids is 1. The Balaban J connectivity index is 2.11. The van der Waals surface area contributed by atoms with Gasteiger partial charge in [0.25, 0.3) is 0 Å². The summed E-state index contributed by atoms with van der Waals surface area (Å²) < 4.78 is 5.36. The second kappa shape index (κ2) is 6.35. The van der Waals surface area contributed by atoms with Crippen LogP contribution in [0, 0.1) is 5.92 Å². The van der Waals surface area contributed by atoms with Crippen LogP contribution in [0.3, 0.4) is 0 Å². The Kier molecular flexibility index (Phi) is 5.42. The molecular weight excluding hydrogens is 216 g/mol. The van der Waals surface area contributed by atoms with Gasteiger partial charge in [-0.05, 0) is 24.5 Å². The molecule has 1 rings (SSSR count). The van der Waals surface area contributed by atoms with Crippen LogP contribution in [0.25, 0.3) is 0 Å². The van der Waals surface area contributed by atoms with Gasteiger partial charge in [-0.1, -0.05) is 6.92 Å². The van der Waals surface area contributed by atoms with Crippen molar-refractivity contribution in [1.82, 2.24) is 0 Å². The van der Waals surface area contributed by atoms with Crippen LogP contribution in [-0.2, 0) is 9.53 Å². The molecule has 1 aliphatic rings. The molecule has 4 nitrogen and oxygen atoms in total. The number of rotatable bonds is 6. The molecular formula is C10H18O4S. The van der Waals surface area contributed by atoms with Gasteiger partial charge in [0, 0.05) is 12.4 Å². The van der Waals surface area contributed by atoms with Crippen molar-refractivity contribution in [3.63, 3.8) is 0 Å². The third-order valence-corrected chi connectivity index (χ3v) is 3.81. The predicted octanol–water partition coefficient (Wildman–Crippen LogP) is 0.980. The molecule has 0 amide bonds. The van der Waals surface area contributed by atoms with Gasteiger partial charge >= 0.3 is 5.97 Å². The summed E-state index contributed by atoms with van der Waals surface area (Å²) >= 11 is 1.72. The number of aliphatic carboxylic acids is 1. The quantitative estimate of drug-likeness (QED) is 0.717. The second-order valence-corrected chi connectivity index (χ2v) is 5.06. The standard InChI is InChI=1S/C10H18O4S/c1-7(4-11)5-15-6-8-2-3-9(14-8)10(12)13/h7-9,11H,2-6H2,1H3,(H,12,13). The highest BCUT2D eigenvalue weighted by Gasteiger charge is 2.30. The van der Waals surface area contributed by atoms with Gasteiger partial charge in [0.05, 0.1) is 6.10 Å². The zero-order valence-electron chi connectivity index (χ0n) is 8.89. The van der Waals surface area contributed by atoms with Gasteiger partial charge < -0.3 is 14.9 Å².